The van der Waals surface area contributed by atoms with Gasteiger partial charge in [0.15, 0.2) is 0 Å². The Morgan fingerprint density at radius 2 is 1.81 bits per heavy atom. The summed E-state index contributed by atoms with van der Waals surface area (Å²) in [6.45, 7) is -1.01. The maximum atomic E-state index is 12.5. The number of aromatic carboxylic acids is 1. The molecule has 0 radical (unpaired) electrons. The molecule has 11 heteroatoms. The molecule has 1 aliphatic heterocycles. The summed E-state index contributed by atoms with van der Waals surface area (Å²) >= 11 is 0. The Bertz CT molecular complexity index is 832. The summed E-state index contributed by atoms with van der Waals surface area (Å²) in [5.74, 6) is -1.87. The van der Waals surface area contributed by atoms with E-state index in [0.29, 0.717) is 0 Å². The van der Waals surface area contributed by atoms with E-state index in [2.05, 4.69) is 4.72 Å². The van der Waals surface area contributed by atoms with Gasteiger partial charge in [-0.2, -0.15) is 13.2 Å². The van der Waals surface area contributed by atoms with Crippen molar-refractivity contribution in [2.75, 3.05) is 19.6 Å². The number of carbonyl (C=O) groups excluding carboxylic acids is 1. The second kappa shape index (κ2) is 7.46. The number of benzene rings is 1. The number of hydrogen-bond donors (Lipinski definition) is 2. The molecular formula is C15H15F3N2O5S. The predicted molar refractivity (Wildman–Crippen MR) is 83.9 cm³/mol. The summed E-state index contributed by atoms with van der Waals surface area (Å²) in [5.41, 5.74) is -0.804. The summed E-state index contributed by atoms with van der Waals surface area (Å²) in [4.78, 5) is 23.6. The van der Waals surface area contributed by atoms with Crippen LogP contribution in [0.4, 0.5) is 13.2 Å². The van der Waals surface area contributed by atoms with E-state index in [4.69, 9.17) is 5.11 Å². The summed E-state index contributed by atoms with van der Waals surface area (Å²) < 4.78 is 63.9. The number of hydrogen-bond acceptors (Lipinski definition) is 4. The van der Waals surface area contributed by atoms with Crippen molar-refractivity contribution in [2.45, 2.75) is 17.5 Å². The van der Waals surface area contributed by atoms with Crippen molar-refractivity contribution < 1.29 is 36.3 Å². The highest BCUT2D eigenvalue weighted by Gasteiger charge is 2.35. The van der Waals surface area contributed by atoms with Crippen LogP contribution in [0.25, 0.3) is 0 Å². The Balaban J connectivity index is 1.96. The van der Waals surface area contributed by atoms with Gasteiger partial charge in [0.2, 0.25) is 15.9 Å². The number of halogens is 3. The minimum atomic E-state index is -4.43. The first-order chi connectivity index (χ1) is 12.0. The third-order valence-electron chi connectivity index (χ3n) is 3.75. The van der Waals surface area contributed by atoms with Gasteiger partial charge in [0.25, 0.3) is 0 Å². The molecule has 1 aromatic rings. The van der Waals surface area contributed by atoms with Gasteiger partial charge in [-0.1, -0.05) is 6.08 Å². The van der Waals surface area contributed by atoms with Crippen molar-refractivity contribution in [2.24, 2.45) is 0 Å². The Morgan fingerprint density at radius 1 is 1.19 bits per heavy atom. The van der Waals surface area contributed by atoms with Gasteiger partial charge in [0, 0.05) is 18.7 Å². The minimum absolute atomic E-state index is 0.0967. The molecule has 0 bridgehead atoms. The highest BCUT2D eigenvalue weighted by atomic mass is 32.2. The van der Waals surface area contributed by atoms with Gasteiger partial charge in [-0.25, -0.2) is 17.9 Å². The van der Waals surface area contributed by atoms with Crippen LogP contribution in [0.1, 0.15) is 16.8 Å². The predicted octanol–water partition coefficient (Wildman–Crippen LogP) is 1.38. The fourth-order valence-electron chi connectivity index (χ4n) is 2.28. The fraction of sp³-hybridized carbons (Fsp3) is 0.333. The Labute approximate surface area is 147 Å². The second-order valence-corrected chi connectivity index (χ2v) is 7.24. The van der Waals surface area contributed by atoms with Crippen molar-refractivity contribution >= 4 is 21.9 Å². The molecule has 7 nitrogen and oxygen atoms in total. The maximum absolute atomic E-state index is 12.5. The monoisotopic (exact) mass is 392 g/mol. The summed E-state index contributed by atoms with van der Waals surface area (Å²) in [7, 11) is -4.06. The van der Waals surface area contributed by atoms with Crippen LogP contribution in [0, 0.1) is 0 Å². The lowest BCUT2D eigenvalue weighted by Crippen LogP contribution is -2.42. The lowest BCUT2D eigenvalue weighted by atomic mass is 10.1. The van der Waals surface area contributed by atoms with Gasteiger partial charge >= 0.3 is 12.1 Å². The van der Waals surface area contributed by atoms with Crippen LogP contribution < -0.4 is 4.72 Å². The van der Waals surface area contributed by atoms with Gasteiger partial charge in [-0.3, -0.25) is 4.79 Å². The molecule has 142 valence electrons. The van der Waals surface area contributed by atoms with Crippen LogP contribution in [0.5, 0.6) is 0 Å². The number of amides is 1. The van der Waals surface area contributed by atoms with E-state index in [1.165, 1.54) is 0 Å². The van der Waals surface area contributed by atoms with Crippen LogP contribution in [-0.4, -0.2) is 56.1 Å². The van der Waals surface area contributed by atoms with E-state index < -0.39 is 40.2 Å². The topological polar surface area (TPSA) is 104 Å². The normalized spacial score (nSPS) is 15.5. The van der Waals surface area contributed by atoms with Crippen molar-refractivity contribution in [3.8, 4) is 0 Å². The van der Waals surface area contributed by atoms with Gasteiger partial charge in [0.05, 0.1) is 17.0 Å². The number of carboxylic acids is 1. The largest absolute Gasteiger partial charge is 0.478 e. The quantitative estimate of drug-likeness (QED) is 0.737. The van der Waals surface area contributed by atoms with E-state index >= 15 is 0 Å². The number of alkyl halides is 3. The highest BCUT2D eigenvalue weighted by Crippen LogP contribution is 2.30. The number of nitrogens with one attached hydrogen (secondary N) is 1. The zero-order valence-electron chi connectivity index (χ0n) is 13.3. The first-order valence-corrected chi connectivity index (χ1v) is 8.86. The van der Waals surface area contributed by atoms with E-state index in [0.717, 1.165) is 35.2 Å². The SMILES string of the molecule is O=C(O)c1ccc(S(=O)(=O)NCC(=O)N2CC=C(C(F)(F)F)CC2)cc1. The van der Waals surface area contributed by atoms with Crippen LogP contribution in [0.2, 0.25) is 0 Å². The second-order valence-electron chi connectivity index (χ2n) is 5.47. The Morgan fingerprint density at radius 3 is 2.27 bits per heavy atom. The molecule has 26 heavy (non-hydrogen) atoms. The standard InChI is InChI=1S/C15H15F3N2O5S/c16-15(17,18)11-5-7-20(8-6-11)13(21)9-19-26(24,25)12-3-1-10(2-4-12)14(22)23/h1-5,19H,6-9H2,(H,22,23). The number of sulfonamides is 1. The average Bonchev–Trinajstić information content (AvgIpc) is 2.59. The summed E-state index contributed by atoms with van der Waals surface area (Å²) in [6.07, 6.45) is -3.88. The molecule has 1 aromatic carbocycles. The molecule has 0 aromatic heterocycles. The number of nitrogens with zero attached hydrogens (tertiary/aromatic N) is 1. The van der Waals surface area contributed by atoms with Crippen LogP contribution in [0.15, 0.2) is 40.8 Å². The maximum Gasteiger partial charge on any atom is 0.412 e. The molecule has 2 N–H and O–H groups in total. The molecule has 0 spiro atoms. The van der Waals surface area contributed by atoms with E-state index in [1.807, 2.05) is 0 Å². The molecule has 0 fully saturated rings. The van der Waals surface area contributed by atoms with Crippen molar-refractivity contribution in [1.29, 1.82) is 0 Å². The van der Waals surface area contributed by atoms with Crippen molar-refractivity contribution in [1.82, 2.24) is 9.62 Å². The highest BCUT2D eigenvalue weighted by molar-refractivity contribution is 7.89. The van der Waals surface area contributed by atoms with E-state index in [1.54, 1.807) is 0 Å². The summed E-state index contributed by atoms with van der Waals surface area (Å²) in [6, 6.07) is 4.37. The first kappa shape index (κ1) is 19.9. The average molecular weight is 392 g/mol. The Hall–Kier alpha value is -2.40. The molecule has 1 heterocycles. The fourth-order valence-corrected chi connectivity index (χ4v) is 3.26. The molecule has 2 rings (SSSR count). The molecule has 1 aliphatic rings. The molecule has 0 unspecified atom stereocenters. The molecule has 0 saturated heterocycles. The first-order valence-electron chi connectivity index (χ1n) is 7.38. The van der Waals surface area contributed by atoms with Gasteiger partial charge < -0.3 is 10.0 Å². The number of carbonyl (C=O) groups is 2. The minimum Gasteiger partial charge on any atom is -0.478 e. The van der Waals surface area contributed by atoms with Crippen LogP contribution in [-0.2, 0) is 14.8 Å². The lowest BCUT2D eigenvalue weighted by molar-refractivity contribution is -0.130. The molecule has 1 amide bonds. The molecular weight excluding hydrogens is 377 g/mol. The number of rotatable bonds is 5. The zero-order valence-corrected chi connectivity index (χ0v) is 14.1. The van der Waals surface area contributed by atoms with E-state index in [-0.39, 0.29) is 30.0 Å². The third kappa shape index (κ3) is 4.82. The summed E-state index contributed by atoms with van der Waals surface area (Å²) in [5, 5.41) is 8.78. The van der Waals surface area contributed by atoms with Crippen LogP contribution in [0.3, 0.4) is 0 Å². The van der Waals surface area contributed by atoms with Crippen LogP contribution >= 0.6 is 0 Å². The smallest absolute Gasteiger partial charge is 0.412 e. The molecule has 0 atom stereocenters. The van der Waals surface area contributed by atoms with Gasteiger partial charge in [0.1, 0.15) is 0 Å². The van der Waals surface area contributed by atoms with Crippen molar-refractivity contribution in [3.63, 3.8) is 0 Å². The van der Waals surface area contributed by atoms with Gasteiger partial charge in [-0.15, -0.1) is 0 Å². The Kier molecular flexibility index (Phi) is 5.71. The van der Waals surface area contributed by atoms with Gasteiger partial charge in [-0.05, 0) is 30.7 Å². The molecule has 0 saturated carbocycles. The third-order valence-corrected chi connectivity index (χ3v) is 5.17. The zero-order chi connectivity index (χ0) is 19.5. The van der Waals surface area contributed by atoms with E-state index in [9.17, 15) is 31.2 Å². The molecule has 0 aliphatic carbocycles. The number of carboxylic acid groups (broad SMARTS) is 1. The van der Waals surface area contributed by atoms with Crippen molar-refractivity contribution in [3.05, 3.63) is 41.5 Å². The lowest BCUT2D eigenvalue weighted by Gasteiger charge is -2.27.